The van der Waals surface area contributed by atoms with Crippen LogP contribution in [-0.4, -0.2) is 48.6 Å². The van der Waals surface area contributed by atoms with E-state index in [-0.39, 0.29) is 39.3 Å². The molecule has 0 aliphatic rings. The summed E-state index contributed by atoms with van der Waals surface area (Å²) in [4.78, 5) is 27.5. The number of nitriles is 1. The van der Waals surface area contributed by atoms with Crippen molar-refractivity contribution in [1.29, 1.82) is 5.26 Å². The second-order valence-electron chi connectivity index (χ2n) is 8.48. The number of hydrogen-bond donors (Lipinski definition) is 4. The number of halogens is 4. The number of aromatic nitrogens is 3. The molecule has 236 valence electrons. The molecule has 4 amide bonds. The van der Waals surface area contributed by atoms with Crippen LogP contribution in [0.25, 0.3) is 0 Å². The maximum atomic E-state index is 13.7. The van der Waals surface area contributed by atoms with Gasteiger partial charge in [-0.25, -0.2) is 19.0 Å². The number of benzene rings is 2. The zero-order valence-corrected chi connectivity index (χ0v) is 24.7. The van der Waals surface area contributed by atoms with E-state index in [1.165, 1.54) is 45.7 Å². The highest BCUT2D eigenvalue weighted by molar-refractivity contribution is 7.15. The quantitative estimate of drug-likeness (QED) is 0.169. The van der Waals surface area contributed by atoms with Crippen LogP contribution in [0, 0.1) is 24.1 Å². The van der Waals surface area contributed by atoms with Crippen LogP contribution in [0.15, 0.2) is 48.7 Å². The number of aryl methyl sites for hydroxylation is 1. The summed E-state index contributed by atoms with van der Waals surface area (Å²) in [6.45, 7) is 1.75. The van der Waals surface area contributed by atoms with Crippen LogP contribution in [0.1, 0.15) is 16.3 Å². The van der Waals surface area contributed by atoms with Crippen LogP contribution in [0.2, 0.25) is 0 Å². The van der Waals surface area contributed by atoms with E-state index in [0.717, 1.165) is 11.6 Å². The molecule has 4 rings (SSSR count). The van der Waals surface area contributed by atoms with Gasteiger partial charge >= 0.3 is 18.2 Å². The first-order chi connectivity index (χ1) is 21.4. The Morgan fingerprint density at radius 2 is 1.56 bits per heavy atom. The second kappa shape index (κ2) is 15.2. The number of carbonyl (C=O) groups is 2. The van der Waals surface area contributed by atoms with E-state index in [4.69, 9.17) is 19.5 Å². The van der Waals surface area contributed by atoms with Crippen molar-refractivity contribution in [3.05, 3.63) is 70.7 Å². The minimum absolute atomic E-state index is 0.00380. The van der Waals surface area contributed by atoms with Crippen molar-refractivity contribution in [2.45, 2.75) is 13.1 Å². The van der Waals surface area contributed by atoms with Crippen LogP contribution < -0.4 is 35.5 Å². The standard InChI is InChI=1S/C15H13FN4O3.C12H11F3N4O2S/c1-22-13-6-14(23-2)12(5-11(13)16)20-15(21)19-10-4-3-9(7-17)18-8-10;1-6-5-7(21-2)3-4-8(6)16-10(20)17-11-19-18-9(22-11)12(13,14)15/h3-6,8H,1-2H3,(H2,19,20,21);3-5H,1-2H3,(H2,16,17,19,20). The first kappa shape index (κ1) is 33.8. The predicted octanol–water partition coefficient (Wildman–Crippen LogP) is 6.27. The smallest absolute Gasteiger partial charge is 0.445 e. The number of hydrogen-bond acceptors (Lipinski definition) is 10. The van der Waals surface area contributed by atoms with Crippen molar-refractivity contribution in [3.8, 4) is 23.3 Å². The molecule has 18 heteroatoms. The molecule has 2 aromatic carbocycles. The van der Waals surface area contributed by atoms with E-state index >= 15 is 0 Å². The van der Waals surface area contributed by atoms with E-state index in [1.807, 2.05) is 6.07 Å². The van der Waals surface area contributed by atoms with Gasteiger partial charge in [-0.3, -0.25) is 5.32 Å². The molecule has 0 saturated carbocycles. The summed E-state index contributed by atoms with van der Waals surface area (Å²) in [6, 6.07) is 10.9. The van der Waals surface area contributed by atoms with Crippen molar-refractivity contribution >= 4 is 45.6 Å². The summed E-state index contributed by atoms with van der Waals surface area (Å²) < 4.78 is 65.8. The van der Waals surface area contributed by atoms with Gasteiger partial charge in [0.1, 0.15) is 23.3 Å². The topological polar surface area (TPSA) is 172 Å². The Kier molecular flexibility index (Phi) is 11.4. The zero-order chi connectivity index (χ0) is 33.1. The predicted molar refractivity (Wildman–Crippen MR) is 156 cm³/mol. The van der Waals surface area contributed by atoms with E-state index in [1.54, 1.807) is 25.1 Å². The van der Waals surface area contributed by atoms with Gasteiger partial charge in [-0.1, -0.05) is 11.3 Å². The molecule has 0 aliphatic carbocycles. The van der Waals surface area contributed by atoms with Crippen molar-refractivity contribution in [1.82, 2.24) is 15.2 Å². The van der Waals surface area contributed by atoms with E-state index in [2.05, 4.69) is 36.4 Å². The number of carbonyl (C=O) groups excluding carboxylic acids is 2. The number of alkyl halides is 3. The molecule has 0 saturated heterocycles. The molecule has 0 spiro atoms. The van der Waals surface area contributed by atoms with E-state index in [0.29, 0.717) is 17.1 Å². The molecule has 2 heterocycles. The number of nitrogens with zero attached hydrogens (tertiary/aromatic N) is 4. The van der Waals surface area contributed by atoms with Gasteiger partial charge < -0.3 is 30.2 Å². The van der Waals surface area contributed by atoms with Crippen LogP contribution in [0.3, 0.4) is 0 Å². The minimum atomic E-state index is -4.58. The molecule has 4 aromatic rings. The number of anilines is 4. The Hall–Kier alpha value is -5.70. The van der Waals surface area contributed by atoms with Gasteiger partial charge in [0.25, 0.3) is 0 Å². The Balaban J connectivity index is 0.000000246. The summed E-state index contributed by atoms with van der Waals surface area (Å²) in [7, 11) is 4.23. The number of pyridine rings is 1. The molecule has 0 aliphatic heterocycles. The van der Waals surface area contributed by atoms with Crippen LogP contribution in [-0.2, 0) is 6.18 Å². The Morgan fingerprint density at radius 3 is 2.11 bits per heavy atom. The van der Waals surface area contributed by atoms with Gasteiger partial charge in [0.15, 0.2) is 11.6 Å². The number of urea groups is 2. The van der Waals surface area contributed by atoms with Crippen LogP contribution in [0.5, 0.6) is 17.2 Å². The number of ether oxygens (including phenoxy) is 3. The lowest BCUT2D eigenvalue weighted by Crippen LogP contribution is -2.20. The van der Waals surface area contributed by atoms with Crippen molar-refractivity contribution in [3.63, 3.8) is 0 Å². The molecule has 0 radical (unpaired) electrons. The Labute approximate surface area is 257 Å². The summed E-state index contributed by atoms with van der Waals surface area (Å²) in [5.41, 5.74) is 2.00. The van der Waals surface area contributed by atoms with Crippen LogP contribution >= 0.6 is 11.3 Å². The van der Waals surface area contributed by atoms with Crippen LogP contribution in [0.4, 0.5) is 49.3 Å². The van der Waals surface area contributed by atoms with E-state index in [9.17, 15) is 27.2 Å². The second-order valence-corrected chi connectivity index (χ2v) is 9.46. The average molecular weight is 649 g/mol. The molecule has 13 nitrogen and oxygen atoms in total. The zero-order valence-electron chi connectivity index (χ0n) is 23.9. The summed E-state index contributed by atoms with van der Waals surface area (Å²) in [6.07, 6.45) is -3.25. The molecule has 0 fully saturated rings. The largest absolute Gasteiger partial charge is 0.497 e. The van der Waals surface area contributed by atoms with Crippen molar-refractivity contribution in [2.75, 3.05) is 42.6 Å². The fraction of sp³-hybridized carbons (Fsp3) is 0.185. The van der Waals surface area contributed by atoms with Gasteiger partial charge in [0, 0.05) is 17.8 Å². The van der Waals surface area contributed by atoms with E-state index < -0.39 is 29.1 Å². The monoisotopic (exact) mass is 648 g/mol. The van der Waals surface area contributed by atoms with Gasteiger partial charge in [-0.2, -0.15) is 18.4 Å². The van der Waals surface area contributed by atoms with Gasteiger partial charge in [-0.05, 0) is 42.8 Å². The minimum Gasteiger partial charge on any atom is -0.497 e. The molecule has 0 atom stereocenters. The third kappa shape index (κ3) is 9.65. The average Bonchev–Trinajstić information content (AvgIpc) is 3.48. The summed E-state index contributed by atoms with van der Waals surface area (Å²) >= 11 is 0.250. The molecule has 0 bridgehead atoms. The number of methoxy groups -OCH3 is 3. The summed E-state index contributed by atoms with van der Waals surface area (Å²) in [5.74, 6) is 0.242. The highest BCUT2D eigenvalue weighted by Gasteiger charge is 2.35. The first-order valence-electron chi connectivity index (χ1n) is 12.4. The summed E-state index contributed by atoms with van der Waals surface area (Å²) in [5, 5.41) is 23.2. The van der Waals surface area contributed by atoms with Crippen molar-refractivity contribution in [2.24, 2.45) is 0 Å². The lowest BCUT2D eigenvalue weighted by Gasteiger charge is -2.13. The number of nitrogens with one attached hydrogen (secondary N) is 4. The molecule has 45 heavy (non-hydrogen) atoms. The van der Waals surface area contributed by atoms with Gasteiger partial charge in [0.05, 0.1) is 38.9 Å². The highest BCUT2D eigenvalue weighted by atomic mass is 32.1. The third-order valence-corrected chi connectivity index (χ3v) is 6.31. The Morgan fingerprint density at radius 1 is 0.867 bits per heavy atom. The molecular weight excluding hydrogens is 624 g/mol. The lowest BCUT2D eigenvalue weighted by molar-refractivity contribution is -0.138. The fourth-order valence-electron chi connectivity index (χ4n) is 3.32. The molecule has 0 unspecified atom stereocenters. The third-order valence-electron chi connectivity index (χ3n) is 5.43. The highest BCUT2D eigenvalue weighted by Crippen LogP contribution is 2.33. The Bertz CT molecular complexity index is 1690. The molecular formula is C27H24F4N8O5S. The van der Waals surface area contributed by atoms with Gasteiger partial charge in [-0.15, -0.1) is 10.2 Å². The number of amides is 4. The maximum absolute atomic E-state index is 13.7. The van der Waals surface area contributed by atoms with Gasteiger partial charge in [0.2, 0.25) is 10.1 Å². The SMILES string of the molecule is COc1cc(OC)c(NC(=O)Nc2ccc(C#N)nc2)cc1F.COc1ccc(NC(=O)Nc2nnc(C(F)(F)F)s2)c(C)c1. The van der Waals surface area contributed by atoms with Crippen molar-refractivity contribution < 1.29 is 41.4 Å². The fourth-order valence-corrected chi connectivity index (χ4v) is 3.92. The number of rotatable bonds is 7. The lowest BCUT2D eigenvalue weighted by atomic mass is 10.2. The molecule has 4 N–H and O–H groups in total. The first-order valence-corrected chi connectivity index (χ1v) is 13.2. The molecule has 2 aromatic heterocycles. The normalized spacial score (nSPS) is 10.4. The maximum Gasteiger partial charge on any atom is 0.445 e.